The lowest BCUT2D eigenvalue weighted by molar-refractivity contribution is 0.959. The van der Waals surface area contributed by atoms with E-state index in [9.17, 15) is 0 Å². The Bertz CT molecular complexity index is 313. The van der Waals surface area contributed by atoms with Crippen LogP contribution in [0.2, 0.25) is 0 Å². The van der Waals surface area contributed by atoms with E-state index in [-0.39, 0.29) is 6.04 Å². The zero-order valence-electron chi connectivity index (χ0n) is 5.40. The van der Waals surface area contributed by atoms with Crippen molar-refractivity contribution in [1.29, 1.82) is 0 Å². The predicted molar refractivity (Wildman–Crippen MR) is 41.6 cm³/mol. The largest absolute Gasteiger partial charge is 0.384 e. The molecule has 0 fully saturated rings. The van der Waals surface area contributed by atoms with Crippen LogP contribution in [0.5, 0.6) is 0 Å². The molecular formula is C5H4ClN5. The molecule has 1 unspecified atom stereocenters. The third kappa shape index (κ3) is 0.932. The first-order valence-electron chi connectivity index (χ1n) is 2.96. The molecule has 0 bridgehead atoms. The van der Waals surface area contributed by atoms with Gasteiger partial charge in [-0.05, 0) is 11.3 Å². The van der Waals surface area contributed by atoms with E-state index >= 15 is 0 Å². The van der Waals surface area contributed by atoms with Crippen LogP contribution in [-0.4, -0.2) is 17.7 Å². The van der Waals surface area contributed by atoms with E-state index in [0.29, 0.717) is 16.7 Å². The maximum atomic E-state index is 5.78. The predicted octanol–water partition coefficient (Wildman–Crippen LogP) is 0.628. The number of halogens is 1. The second kappa shape index (κ2) is 2.13. The second-order valence-electron chi connectivity index (χ2n) is 2.13. The standard InChI is InChI=1S/C5H4ClN5/c6-2-1-3(7)8-5-4(2)9-11-10-5/h1,4H,(H2,7,8,9,10). The maximum Gasteiger partial charge on any atom is 0.186 e. The summed E-state index contributed by atoms with van der Waals surface area (Å²) in [5, 5.41) is 11.3. The molecular weight excluding hydrogens is 166 g/mol. The maximum absolute atomic E-state index is 5.78. The summed E-state index contributed by atoms with van der Waals surface area (Å²) in [6.07, 6.45) is 1.55. The van der Waals surface area contributed by atoms with Crippen molar-refractivity contribution in [2.24, 2.45) is 26.2 Å². The van der Waals surface area contributed by atoms with Crippen molar-refractivity contribution in [3.63, 3.8) is 0 Å². The molecule has 0 aliphatic carbocycles. The lowest BCUT2D eigenvalue weighted by Crippen LogP contribution is -2.24. The first-order valence-corrected chi connectivity index (χ1v) is 3.34. The number of rotatable bonds is 0. The smallest absolute Gasteiger partial charge is 0.186 e. The van der Waals surface area contributed by atoms with E-state index < -0.39 is 0 Å². The molecule has 6 heteroatoms. The molecule has 11 heavy (non-hydrogen) atoms. The highest BCUT2D eigenvalue weighted by Gasteiger charge is 2.26. The lowest BCUT2D eigenvalue weighted by atomic mass is 10.2. The molecule has 0 spiro atoms. The molecule has 0 saturated heterocycles. The molecule has 1 atom stereocenters. The first-order chi connectivity index (χ1) is 5.27. The Morgan fingerprint density at radius 2 is 2.36 bits per heavy atom. The molecule has 2 heterocycles. The average molecular weight is 170 g/mol. The lowest BCUT2D eigenvalue weighted by Gasteiger charge is -2.08. The number of nitrogens with two attached hydrogens (primary N) is 1. The van der Waals surface area contributed by atoms with Crippen molar-refractivity contribution in [2.45, 2.75) is 6.04 Å². The zero-order chi connectivity index (χ0) is 7.84. The fourth-order valence-corrected chi connectivity index (χ4v) is 1.13. The summed E-state index contributed by atoms with van der Waals surface area (Å²) >= 11 is 5.78. The van der Waals surface area contributed by atoms with Crippen molar-refractivity contribution >= 4 is 23.3 Å². The molecule has 0 aromatic carbocycles. The van der Waals surface area contributed by atoms with Gasteiger partial charge in [-0.15, -0.1) is 5.10 Å². The van der Waals surface area contributed by atoms with E-state index in [1.54, 1.807) is 6.08 Å². The van der Waals surface area contributed by atoms with E-state index in [4.69, 9.17) is 17.3 Å². The first kappa shape index (κ1) is 6.48. The second-order valence-corrected chi connectivity index (χ2v) is 2.57. The van der Waals surface area contributed by atoms with E-state index in [1.165, 1.54) is 0 Å². The summed E-state index contributed by atoms with van der Waals surface area (Å²) in [5.74, 6) is 0.812. The molecule has 0 aromatic heterocycles. The van der Waals surface area contributed by atoms with Gasteiger partial charge < -0.3 is 5.73 Å². The van der Waals surface area contributed by atoms with Crippen LogP contribution in [-0.2, 0) is 0 Å². The quantitative estimate of drug-likeness (QED) is 0.567. The van der Waals surface area contributed by atoms with Crippen LogP contribution in [0, 0.1) is 0 Å². The Balaban J connectivity index is 2.45. The average Bonchev–Trinajstić information content (AvgIpc) is 2.34. The molecule has 2 rings (SSSR count). The van der Waals surface area contributed by atoms with Crippen LogP contribution in [0.3, 0.4) is 0 Å². The third-order valence-electron chi connectivity index (χ3n) is 1.35. The fourth-order valence-electron chi connectivity index (χ4n) is 0.876. The summed E-state index contributed by atoms with van der Waals surface area (Å²) in [4.78, 5) is 3.89. The third-order valence-corrected chi connectivity index (χ3v) is 1.67. The Hall–Kier alpha value is -1.23. The Morgan fingerprint density at radius 1 is 1.55 bits per heavy atom. The van der Waals surface area contributed by atoms with Crippen molar-refractivity contribution in [3.05, 3.63) is 11.1 Å². The fraction of sp³-hybridized carbons (Fsp3) is 0.200. The molecule has 5 nitrogen and oxygen atoms in total. The van der Waals surface area contributed by atoms with Gasteiger partial charge in [0.25, 0.3) is 0 Å². The number of fused-ring (bicyclic) bond motifs is 1. The highest BCUT2D eigenvalue weighted by molar-refractivity contribution is 6.35. The Labute approximate surface area is 67.3 Å². The minimum atomic E-state index is -0.316. The van der Waals surface area contributed by atoms with Crippen LogP contribution in [0.15, 0.2) is 31.5 Å². The summed E-state index contributed by atoms with van der Waals surface area (Å²) in [6.45, 7) is 0. The minimum absolute atomic E-state index is 0.316. The summed E-state index contributed by atoms with van der Waals surface area (Å²) in [7, 11) is 0. The molecule has 0 radical (unpaired) electrons. The van der Waals surface area contributed by atoms with E-state index in [2.05, 4.69) is 20.4 Å². The normalized spacial score (nSPS) is 27.4. The Kier molecular flexibility index (Phi) is 1.25. The van der Waals surface area contributed by atoms with Crippen LogP contribution >= 0.6 is 11.6 Å². The number of nitrogens with zero attached hydrogens (tertiary/aromatic N) is 4. The van der Waals surface area contributed by atoms with Gasteiger partial charge in [-0.3, -0.25) is 0 Å². The van der Waals surface area contributed by atoms with Gasteiger partial charge in [0.15, 0.2) is 11.9 Å². The molecule has 0 amide bonds. The highest BCUT2D eigenvalue weighted by Crippen LogP contribution is 2.21. The number of dihydropyridines is 1. The molecule has 2 aliphatic rings. The van der Waals surface area contributed by atoms with Gasteiger partial charge >= 0.3 is 0 Å². The number of hydrogen-bond donors (Lipinski definition) is 1. The van der Waals surface area contributed by atoms with Crippen LogP contribution in [0.1, 0.15) is 0 Å². The summed E-state index contributed by atoms with van der Waals surface area (Å²) in [5.41, 5.74) is 5.41. The highest BCUT2D eigenvalue weighted by atomic mass is 35.5. The van der Waals surface area contributed by atoms with Crippen LogP contribution in [0.25, 0.3) is 0 Å². The van der Waals surface area contributed by atoms with Crippen molar-refractivity contribution in [3.8, 4) is 0 Å². The molecule has 2 aliphatic heterocycles. The van der Waals surface area contributed by atoms with Crippen LogP contribution in [0.4, 0.5) is 0 Å². The van der Waals surface area contributed by atoms with Crippen LogP contribution < -0.4 is 5.73 Å². The summed E-state index contributed by atoms with van der Waals surface area (Å²) < 4.78 is 0. The SMILES string of the molecule is NC1=NC2=NN=NC2C(Cl)=C1. The molecule has 0 aromatic rings. The van der Waals surface area contributed by atoms with Crippen molar-refractivity contribution < 1.29 is 0 Å². The number of hydrogen-bond acceptors (Lipinski definition) is 5. The number of aliphatic imine (C=N–C) groups is 1. The summed E-state index contributed by atoms with van der Waals surface area (Å²) in [6, 6.07) is -0.316. The van der Waals surface area contributed by atoms with Gasteiger partial charge in [0.05, 0.1) is 5.03 Å². The van der Waals surface area contributed by atoms with E-state index in [0.717, 1.165) is 0 Å². The minimum Gasteiger partial charge on any atom is -0.384 e. The van der Waals surface area contributed by atoms with Gasteiger partial charge in [0, 0.05) is 0 Å². The number of amidine groups is 2. The zero-order valence-corrected chi connectivity index (χ0v) is 6.15. The van der Waals surface area contributed by atoms with Gasteiger partial charge in [0.2, 0.25) is 0 Å². The molecule has 0 saturated carbocycles. The van der Waals surface area contributed by atoms with Gasteiger partial charge in [-0.25, -0.2) is 4.99 Å². The van der Waals surface area contributed by atoms with Gasteiger partial charge in [-0.2, -0.15) is 5.11 Å². The van der Waals surface area contributed by atoms with Crippen molar-refractivity contribution in [2.75, 3.05) is 0 Å². The van der Waals surface area contributed by atoms with Gasteiger partial charge in [0.1, 0.15) is 5.84 Å². The Morgan fingerprint density at radius 3 is 3.18 bits per heavy atom. The van der Waals surface area contributed by atoms with Gasteiger partial charge in [-0.1, -0.05) is 11.6 Å². The molecule has 56 valence electrons. The van der Waals surface area contributed by atoms with Crippen molar-refractivity contribution in [1.82, 2.24) is 0 Å². The topological polar surface area (TPSA) is 75.5 Å². The monoisotopic (exact) mass is 169 g/mol. The molecule has 2 N–H and O–H groups in total. The van der Waals surface area contributed by atoms with E-state index in [1.807, 2.05) is 0 Å².